The first-order valence-electron chi connectivity index (χ1n) is 7.34. The van der Waals surface area contributed by atoms with E-state index in [0.717, 1.165) is 18.1 Å². The lowest BCUT2D eigenvalue weighted by Gasteiger charge is -2.16. The van der Waals surface area contributed by atoms with E-state index in [1.54, 1.807) is 0 Å². The molecule has 3 rings (SSSR count). The molecule has 0 aromatic heterocycles. The van der Waals surface area contributed by atoms with Gasteiger partial charge in [0.15, 0.2) is 0 Å². The van der Waals surface area contributed by atoms with Gasteiger partial charge in [0, 0.05) is 10.6 Å². The van der Waals surface area contributed by atoms with Gasteiger partial charge in [-0.1, -0.05) is 24.3 Å². The van der Waals surface area contributed by atoms with Crippen molar-refractivity contribution in [3.63, 3.8) is 0 Å². The molecule has 104 valence electrons. The minimum Gasteiger partial charge on any atom is -0.493 e. The van der Waals surface area contributed by atoms with Crippen LogP contribution in [-0.2, 0) is 12.8 Å². The van der Waals surface area contributed by atoms with Crippen molar-refractivity contribution in [1.29, 1.82) is 0 Å². The Balaban J connectivity index is 1.49. The SMILES string of the molecule is c1ccc(SCCOc2ccc3c(c2)CCCC3)cc1. The highest BCUT2D eigenvalue weighted by molar-refractivity contribution is 7.99. The highest BCUT2D eigenvalue weighted by Crippen LogP contribution is 2.25. The Labute approximate surface area is 125 Å². The van der Waals surface area contributed by atoms with E-state index in [1.807, 2.05) is 17.8 Å². The molecule has 2 heteroatoms. The van der Waals surface area contributed by atoms with E-state index >= 15 is 0 Å². The van der Waals surface area contributed by atoms with E-state index < -0.39 is 0 Å². The number of benzene rings is 2. The molecule has 0 N–H and O–H groups in total. The van der Waals surface area contributed by atoms with Gasteiger partial charge in [0.2, 0.25) is 0 Å². The highest BCUT2D eigenvalue weighted by Gasteiger charge is 2.09. The largest absolute Gasteiger partial charge is 0.493 e. The summed E-state index contributed by atoms with van der Waals surface area (Å²) in [5.74, 6) is 2.01. The van der Waals surface area contributed by atoms with Gasteiger partial charge in [-0.25, -0.2) is 0 Å². The molecule has 1 nitrogen and oxygen atoms in total. The third-order valence-electron chi connectivity index (χ3n) is 3.68. The molecule has 0 unspecified atom stereocenters. The van der Waals surface area contributed by atoms with Gasteiger partial charge in [-0.05, 0) is 61.1 Å². The monoisotopic (exact) mass is 284 g/mol. The third kappa shape index (κ3) is 3.57. The van der Waals surface area contributed by atoms with Crippen molar-refractivity contribution in [1.82, 2.24) is 0 Å². The number of thioether (sulfide) groups is 1. The van der Waals surface area contributed by atoms with Crippen LogP contribution in [0, 0.1) is 0 Å². The zero-order valence-corrected chi connectivity index (χ0v) is 12.5. The number of rotatable bonds is 5. The van der Waals surface area contributed by atoms with Crippen molar-refractivity contribution in [3.05, 3.63) is 59.7 Å². The van der Waals surface area contributed by atoms with Gasteiger partial charge in [0.1, 0.15) is 5.75 Å². The molecule has 1 aliphatic carbocycles. The van der Waals surface area contributed by atoms with Gasteiger partial charge in [0.25, 0.3) is 0 Å². The number of fused-ring (bicyclic) bond motifs is 1. The molecule has 0 bridgehead atoms. The second-order valence-corrected chi connectivity index (χ2v) is 6.32. The summed E-state index contributed by atoms with van der Waals surface area (Å²) in [6.07, 6.45) is 5.10. The number of hydrogen-bond donors (Lipinski definition) is 0. The van der Waals surface area contributed by atoms with Crippen LogP contribution < -0.4 is 4.74 Å². The summed E-state index contributed by atoms with van der Waals surface area (Å²) < 4.78 is 5.87. The molecule has 0 saturated carbocycles. The van der Waals surface area contributed by atoms with Gasteiger partial charge >= 0.3 is 0 Å². The molecule has 0 aliphatic heterocycles. The van der Waals surface area contributed by atoms with Crippen molar-refractivity contribution >= 4 is 11.8 Å². The van der Waals surface area contributed by atoms with E-state index in [1.165, 1.54) is 41.7 Å². The lowest BCUT2D eigenvalue weighted by atomic mass is 9.92. The number of hydrogen-bond acceptors (Lipinski definition) is 2. The summed E-state index contributed by atoms with van der Waals surface area (Å²) in [5, 5.41) is 0. The van der Waals surface area contributed by atoms with Gasteiger partial charge in [-0.2, -0.15) is 0 Å². The molecule has 0 spiro atoms. The molecule has 20 heavy (non-hydrogen) atoms. The average molecular weight is 284 g/mol. The first kappa shape index (κ1) is 13.6. The van der Waals surface area contributed by atoms with Crippen LogP contribution in [0.25, 0.3) is 0 Å². The van der Waals surface area contributed by atoms with E-state index in [2.05, 4.69) is 42.5 Å². The minimum atomic E-state index is 0.762. The van der Waals surface area contributed by atoms with Gasteiger partial charge in [0.05, 0.1) is 6.61 Å². The molecule has 0 saturated heterocycles. The topological polar surface area (TPSA) is 9.23 Å². The predicted octanol–water partition coefficient (Wildman–Crippen LogP) is 4.74. The Morgan fingerprint density at radius 2 is 1.70 bits per heavy atom. The van der Waals surface area contributed by atoms with E-state index in [4.69, 9.17) is 4.74 Å². The fraction of sp³-hybridized carbons (Fsp3) is 0.333. The van der Waals surface area contributed by atoms with Crippen LogP contribution in [-0.4, -0.2) is 12.4 Å². The highest BCUT2D eigenvalue weighted by atomic mass is 32.2. The molecule has 2 aromatic carbocycles. The molecule has 0 radical (unpaired) electrons. The van der Waals surface area contributed by atoms with Crippen LogP contribution >= 0.6 is 11.8 Å². The molecular formula is C18H20OS. The lowest BCUT2D eigenvalue weighted by molar-refractivity contribution is 0.343. The van der Waals surface area contributed by atoms with Gasteiger partial charge < -0.3 is 4.74 Å². The predicted molar refractivity (Wildman–Crippen MR) is 85.7 cm³/mol. The Morgan fingerprint density at radius 1 is 0.900 bits per heavy atom. The van der Waals surface area contributed by atoms with E-state index in [9.17, 15) is 0 Å². The Morgan fingerprint density at radius 3 is 2.55 bits per heavy atom. The quantitative estimate of drug-likeness (QED) is 0.579. The zero-order valence-electron chi connectivity index (χ0n) is 11.7. The van der Waals surface area contributed by atoms with Gasteiger partial charge in [-0.3, -0.25) is 0 Å². The standard InChI is InChI=1S/C18H20OS/c1-2-8-18(9-3-1)20-13-12-19-17-11-10-15-6-4-5-7-16(15)14-17/h1-3,8-11,14H,4-7,12-13H2. The smallest absolute Gasteiger partial charge is 0.119 e. The first-order valence-corrected chi connectivity index (χ1v) is 8.33. The number of aryl methyl sites for hydroxylation is 2. The summed E-state index contributed by atoms with van der Waals surface area (Å²) in [7, 11) is 0. The van der Waals surface area contributed by atoms with Crippen molar-refractivity contribution in [2.24, 2.45) is 0 Å². The van der Waals surface area contributed by atoms with Gasteiger partial charge in [-0.15, -0.1) is 11.8 Å². The van der Waals surface area contributed by atoms with E-state index in [0.29, 0.717) is 0 Å². The maximum Gasteiger partial charge on any atom is 0.119 e. The summed E-state index contributed by atoms with van der Waals surface area (Å²) >= 11 is 1.84. The third-order valence-corrected chi connectivity index (χ3v) is 4.66. The van der Waals surface area contributed by atoms with Crippen LogP contribution in [0.2, 0.25) is 0 Å². The van der Waals surface area contributed by atoms with Crippen molar-refractivity contribution in [2.75, 3.05) is 12.4 Å². The van der Waals surface area contributed by atoms with Crippen molar-refractivity contribution in [2.45, 2.75) is 30.6 Å². The molecule has 0 fully saturated rings. The normalized spacial score (nSPS) is 13.8. The minimum absolute atomic E-state index is 0.762. The Hall–Kier alpha value is -1.41. The average Bonchev–Trinajstić information content (AvgIpc) is 2.52. The fourth-order valence-electron chi connectivity index (χ4n) is 2.64. The molecule has 0 heterocycles. The molecule has 1 aliphatic rings. The van der Waals surface area contributed by atoms with Crippen LogP contribution in [0.5, 0.6) is 5.75 Å². The second-order valence-electron chi connectivity index (χ2n) is 5.15. The summed E-state index contributed by atoms with van der Waals surface area (Å²) in [4.78, 5) is 1.31. The second kappa shape index (κ2) is 6.85. The number of ether oxygens (including phenoxy) is 1. The fourth-order valence-corrected chi connectivity index (χ4v) is 3.39. The maximum absolute atomic E-state index is 5.87. The molecule has 0 amide bonds. The summed E-state index contributed by atoms with van der Waals surface area (Å²) in [5.41, 5.74) is 3.01. The lowest BCUT2D eigenvalue weighted by Crippen LogP contribution is -2.04. The van der Waals surface area contributed by atoms with Crippen LogP contribution in [0.4, 0.5) is 0 Å². The summed E-state index contributed by atoms with van der Waals surface area (Å²) in [6.45, 7) is 0.762. The van der Waals surface area contributed by atoms with Crippen molar-refractivity contribution in [3.8, 4) is 5.75 Å². The van der Waals surface area contributed by atoms with Crippen molar-refractivity contribution < 1.29 is 4.74 Å². The van der Waals surface area contributed by atoms with E-state index in [-0.39, 0.29) is 0 Å². The maximum atomic E-state index is 5.87. The van der Waals surface area contributed by atoms with Crippen LogP contribution in [0.3, 0.4) is 0 Å². The Kier molecular flexibility index (Phi) is 4.65. The van der Waals surface area contributed by atoms with Crippen LogP contribution in [0.1, 0.15) is 24.0 Å². The molecular weight excluding hydrogens is 264 g/mol. The Bertz CT molecular complexity index is 551. The molecule has 0 atom stereocenters. The first-order chi connectivity index (χ1) is 9.92. The summed E-state index contributed by atoms with van der Waals surface area (Å²) in [6, 6.07) is 17.1. The molecule has 2 aromatic rings. The zero-order chi connectivity index (χ0) is 13.6. The van der Waals surface area contributed by atoms with Crippen LogP contribution in [0.15, 0.2) is 53.4 Å².